The average Bonchev–Trinajstić information content (AvgIpc) is 2.42. The fourth-order valence-electron chi connectivity index (χ4n) is 1.78. The second kappa shape index (κ2) is 7.37. The maximum atomic E-state index is 12.3. The molecule has 0 spiro atoms. The van der Waals surface area contributed by atoms with Gasteiger partial charge in [0.15, 0.2) is 0 Å². The highest BCUT2D eigenvalue weighted by atomic mass is 16.4. The van der Waals surface area contributed by atoms with E-state index in [-0.39, 0.29) is 36.0 Å². The van der Waals surface area contributed by atoms with Crippen LogP contribution in [-0.4, -0.2) is 45.9 Å². The molecule has 7 nitrogen and oxygen atoms in total. The Hall–Kier alpha value is -2.44. The zero-order chi connectivity index (χ0) is 16.0. The topological polar surface area (TPSA) is 114 Å². The Morgan fingerprint density at radius 3 is 2.43 bits per heavy atom. The minimum Gasteiger partial charge on any atom is -0.481 e. The lowest BCUT2D eigenvalue weighted by Crippen LogP contribution is -2.36. The van der Waals surface area contributed by atoms with E-state index in [9.17, 15) is 14.4 Å². The van der Waals surface area contributed by atoms with Crippen molar-refractivity contribution in [2.75, 3.05) is 13.1 Å². The number of primary amides is 1. The minimum atomic E-state index is -0.964. The van der Waals surface area contributed by atoms with Crippen molar-refractivity contribution >= 4 is 17.8 Å². The van der Waals surface area contributed by atoms with E-state index in [0.29, 0.717) is 6.54 Å². The van der Waals surface area contributed by atoms with E-state index in [1.165, 1.54) is 23.2 Å². The molecule has 0 aliphatic carbocycles. The molecule has 0 aromatic carbocycles. The maximum absolute atomic E-state index is 12.3. The van der Waals surface area contributed by atoms with Gasteiger partial charge in [0, 0.05) is 19.3 Å². The summed E-state index contributed by atoms with van der Waals surface area (Å²) in [6, 6.07) is 2.84. The molecule has 0 saturated heterocycles. The summed E-state index contributed by atoms with van der Waals surface area (Å²) in [7, 11) is 0. The fraction of sp³-hybridized carbons (Fsp3) is 0.429. The van der Waals surface area contributed by atoms with Gasteiger partial charge in [0.2, 0.25) is 5.91 Å². The number of carbonyl (C=O) groups excluding carboxylic acids is 2. The van der Waals surface area contributed by atoms with E-state index in [1.54, 1.807) is 0 Å². The summed E-state index contributed by atoms with van der Waals surface area (Å²) in [4.78, 5) is 39.3. The zero-order valence-corrected chi connectivity index (χ0v) is 12.1. The number of aromatic nitrogens is 1. The normalized spacial score (nSPS) is 10.4. The summed E-state index contributed by atoms with van der Waals surface area (Å²) < 4.78 is 0. The zero-order valence-electron chi connectivity index (χ0n) is 12.1. The van der Waals surface area contributed by atoms with Crippen LogP contribution in [-0.2, 0) is 4.79 Å². The SMILES string of the molecule is CC(C)CN(CCC(=O)O)C(=O)c1ccc(C(N)=O)cn1. The third kappa shape index (κ3) is 5.21. The number of carboxylic acid groups (broad SMARTS) is 1. The third-order valence-corrected chi connectivity index (χ3v) is 2.74. The van der Waals surface area contributed by atoms with E-state index >= 15 is 0 Å². The summed E-state index contributed by atoms with van der Waals surface area (Å²) >= 11 is 0. The molecule has 1 heterocycles. The lowest BCUT2D eigenvalue weighted by Gasteiger charge is -2.23. The van der Waals surface area contributed by atoms with Crippen molar-refractivity contribution in [2.24, 2.45) is 11.7 Å². The second-order valence-electron chi connectivity index (χ2n) is 5.09. The Balaban J connectivity index is 2.87. The molecular formula is C14H19N3O4. The highest BCUT2D eigenvalue weighted by Crippen LogP contribution is 2.08. The van der Waals surface area contributed by atoms with Crippen LogP contribution in [0.2, 0.25) is 0 Å². The number of rotatable bonds is 7. The first-order chi connectivity index (χ1) is 9.81. The molecule has 0 fully saturated rings. The highest BCUT2D eigenvalue weighted by Gasteiger charge is 2.19. The molecule has 2 amide bonds. The Kier molecular flexibility index (Phi) is 5.83. The van der Waals surface area contributed by atoms with Gasteiger partial charge in [0.25, 0.3) is 5.91 Å². The largest absolute Gasteiger partial charge is 0.481 e. The maximum Gasteiger partial charge on any atom is 0.305 e. The first-order valence-corrected chi connectivity index (χ1v) is 6.58. The summed E-state index contributed by atoms with van der Waals surface area (Å²) in [6.07, 6.45) is 1.11. The van der Waals surface area contributed by atoms with Gasteiger partial charge in [-0.3, -0.25) is 19.4 Å². The van der Waals surface area contributed by atoms with Crippen molar-refractivity contribution < 1.29 is 19.5 Å². The molecule has 0 unspecified atom stereocenters. The Labute approximate surface area is 122 Å². The van der Waals surface area contributed by atoms with Gasteiger partial charge >= 0.3 is 5.97 Å². The predicted molar refractivity (Wildman–Crippen MR) is 75.7 cm³/mol. The van der Waals surface area contributed by atoms with Gasteiger partial charge in [-0.25, -0.2) is 0 Å². The van der Waals surface area contributed by atoms with E-state index in [4.69, 9.17) is 10.8 Å². The van der Waals surface area contributed by atoms with Crippen LogP contribution in [0.3, 0.4) is 0 Å². The molecule has 1 aromatic rings. The molecule has 7 heteroatoms. The van der Waals surface area contributed by atoms with Gasteiger partial charge in [-0.2, -0.15) is 0 Å². The molecule has 3 N–H and O–H groups in total. The molecule has 0 aliphatic rings. The van der Waals surface area contributed by atoms with Crippen molar-refractivity contribution in [1.82, 2.24) is 9.88 Å². The van der Waals surface area contributed by atoms with Gasteiger partial charge in [0.05, 0.1) is 12.0 Å². The molecule has 0 radical (unpaired) electrons. The smallest absolute Gasteiger partial charge is 0.305 e. The van der Waals surface area contributed by atoms with Crippen molar-refractivity contribution in [3.63, 3.8) is 0 Å². The van der Waals surface area contributed by atoms with Gasteiger partial charge in [-0.1, -0.05) is 13.8 Å². The Morgan fingerprint density at radius 1 is 1.33 bits per heavy atom. The van der Waals surface area contributed by atoms with E-state index in [1.807, 2.05) is 13.8 Å². The average molecular weight is 293 g/mol. The van der Waals surface area contributed by atoms with Crippen LogP contribution in [0.5, 0.6) is 0 Å². The van der Waals surface area contributed by atoms with Crippen LogP contribution in [0, 0.1) is 5.92 Å². The molecule has 1 aromatic heterocycles. The first-order valence-electron chi connectivity index (χ1n) is 6.58. The number of carbonyl (C=O) groups is 3. The molecule has 0 atom stereocenters. The van der Waals surface area contributed by atoms with Crippen molar-refractivity contribution in [1.29, 1.82) is 0 Å². The van der Waals surface area contributed by atoms with Gasteiger partial charge < -0.3 is 15.7 Å². The van der Waals surface area contributed by atoms with Crippen LogP contribution < -0.4 is 5.73 Å². The molecular weight excluding hydrogens is 274 g/mol. The molecule has 1 rings (SSSR count). The summed E-state index contributed by atoms with van der Waals surface area (Å²) in [5.74, 6) is -1.74. The number of nitrogens with two attached hydrogens (primary N) is 1. The molecule has 114 valence electrons. The Morgan fingerprint density at radius 2 is 2.00 bits per heavy atom. The van der Waals surface area contributed by atoms with Gasteiger partial charge in [-0.05, 0) is 18.1 Å². The first kappa shape index (κ1) is 16.6. The number of nitrogens with zero attached hydrogens (tertiary/aromatic N) is 2. The standard InChI is InChI=1S/C14H19N3O4/c1-9(2)8-17(6-5-12(18)19)14(21)11-4-3-10(7-16-11)13(15)20/h3-4,7,9H,5-6,8H2,1-2H3,(H2,15,20)(H,18,19). The molecule has 21 heavy (non-hydrogen) atoms. The number of aliphatic carboxylic acids is 1. The van der Waals surface area contributed by atoms with Crippen LogP contribution in [0.1, 0.15) is 41.1 Å². The van der Waals surface area contributed by atoms with Crippen LogP contribution in [0.4, 0.5) is 0 Å². The van der Waals surface area contributed by atoms with Crippen molar-refractivity contribution in [3.8, 4) is 0 Å². The van der Waals surface area contributed by atoms with Crippen LogP contribution in [0.15, 0.2) is 18.3 Å². The monoisotopic (exact) mass is 293 g/mol. The summed E-state index contributed by atoms with van der Waals surface area (Å²) in [5, 5.41) is 8.74. The van der Waals surface area contributed by atoms with Crippen LogP contribution in [0.25, 0.3) is 0 Å². The van der Waals surface area contributed by atoms with Gasteiger partial charge in [0.1, 0.15) is 5.69 Å². The predicted octanol–water partition coefficient (Wildman–Crippen LogP) is 0.753. The number of hydrogen-bond donors (Lipinski definition) is 2. The second-order valence-corrected chi connectivity index (χ2v) is 5.09. The van der Waals surface area contributed by atoms with Crippen molar-refractivity contribution in [2.45, 2.75) is 20.3 Å². The lowest BCUT2D eigenvalue weighted by molar-refractivity contribution is -0.137. The number of pyridine rings is 1. The van der Waals surface area contributed by atoms with Gasteiger partial charge in [-0.15, -0.1) is 0 Å². The highest BCUT2D eigenvalue weighted by molar-refractivity contribution is 5.95. The number of hydrogen-bond acceptors (Lipinski definition) is 4. The summed E-state index contributed by atoms with van der Waals surface area (Å²) in [6.45, 7) is 4.42. The van der Waals surface area contributed by atoms with E-state index < -0.39 is 11.9 Å². The van der Waals surface area contributed by atoms with Crippen molar-refractivity contribution in [3.05, 3.63) is 29.6 Å². The van der Waals surface area contributed by atoms with E-state index in [2.05, 4.69) is 4.98 Å². The Bertz CT molecular complexity index is 526. The lowest BCUT2D eigenvalue weighted by atomic mass is 10.1. The molecule has 0 saturated carbocycles. The van der Waals surface area contributed by atoms with Crippen LogP contribution >= 0.6 is 0 Å². The number of amides is 2. The molecule has 0 bridgehead atoms. The number of carboxylic acids is 1. The summed E-state index contributed by atoms with van der Waals surface area (Å²) in [5.41, 5.74) is 5.48. The minimum absolute atomic E-state index is 0.117. The fourth-order valence-corrected chi connectivity index (χ4v) is 1.78. The quantitative estimate of drug-likeness (QED) is 0.770. The molecule has 0 aliphatic heterocycles. The third-order valence-electron chi connectivity index (χ3n) is 2.74. The van der Waals surface area contributed by atoms with E-state index in [0.717, 1.165) is 0 Å².